The minimum Gasteiger partial charge on any atom is -0.321 e. The third-order valence-electron chi connectivity index (χ3n) is 2.95. The summed E-state index contributed by atoms with van der Waals surface area (Å²) in [5.41, 5.74) is 7.59. The second-order valence-electron chi connectivity index (χ2n) is 3.97. The van der Waals surface area contributed by atoms with Crippen molar-refractivity contribution in [1.29, 1.82) is 0 Å². The number of rotatable bonds is 6. The Bertz CT molecular complexity index is 273. The summed E-state index contributed by atoms with van der Waals surface area (Å²) in [7, 11) is 0. The molecule has 0 aromatic heterocycles. The van der Waals surface area contributed by atoms with Crippen LogP contribution in [-0.4, -0.2) is 12.0 Å². The second-order valence-corrected chi connectivity index (χ2v) is 4.96. The van der Waals surface area contributed by atoms with Crippen LogP contribution < -0.4 is 5.73 Å². The van der Waals surface area contributed by atoms with E-state index in [-0.39, 0.29) is 5.54 Å². The maximum Gasteiger partial charge on any atom is 0.0407 e. The average Bonchev–Trinajstić information content (AvgIpc) is 2.30. The van der Waals surface area contributed by atoms with Crippen molar-refractivity contribution in [3.63, 3.8) is 0 Å². The first-order valence-electron chi connectivity index (χ1n) is 5.56. The summed E-state index contributed by atoms with van der Waals surface area (Å²) in [4.78, 5) is 0. The molecule has 84 valence electrons. The van der Waals surface area contributed by atoms with Crippen LogP contribution in [-0.2, 0) is 5.54 Å². The van der Waals surface area contributed by atoms with Gasteiger partial charge in [-0.3, -0.25) is 0 Å². The van der Waals surface area contributed by atoms with Gasteiger partial charge in [0.25, 0.3) is 0 Å². The number of hydrogen-bond acceptors (Lipinski definition) is 2. The molecule has 0 spiro atoms. The molecule has 0 radical (unpaired) electrons. The quantitative estimate of drug-likeness (QED) is 0.748. The Kier molecular flexibility index (Phi) is 5.20. The molecule has 0 amide bonds. The summed E-state index contributed by atoms with van der Waals surface area (Å²) in [6.07, 6.45) is 5.42. The number of nitrogens with two attached hydrogens (primary N) is 1. The molecule has 0 saturated carbocycles. The van der Waals surface area contributed by atoms with Gasteiger partial charge in [-0.1, -0.05) is 37.3 Å². The fourth-order valence-electron chi connectivity index (χ4n) is 1.83. The van der Waals surface area contributed by atoms with E-state index >= 15 is 0 Å². The van der Waals surface area contributed by atoms with Crippen LogP contribution in [0.3, 0.4) is 0 Å². The zero-order chi connectivity index (χ0) is 11.1. The van der Waals surface area contributed by atoms with Crippen LogP contribution >= 0.6 is 11.8 Å². The molecule has 15 heavy (non-hydrogen) atoms. The molecule has 0 bridgehead atoms. The molecule has 1 nitrogen and oxygen atoms in total. The minimum absolute atomic E-state index is 0.128. The fourth-order valence-corrected chi connectivity index (χ4v) is 2.26. The number of thioether (sulfide) groups is 1. The van der Waals surface area contributed by atoms with Crippen LogP contribution in [0.15, 0.2) is 30.3 Å². The Morgan fingerprint density at radius 1 is 1.27 bits per heavy atom. The lowest BCUT2D eigenvalue weighted by molar-refractivity contribution is 0.391. The fraction of sp³-hybridized carbons (Fsp3) is 0.538. The topological polar surface area (TPSA) is 26.0 Å². The van der Waals surface area contributed by atoms with Gasteiger partial charge in [0, 0.05) is 5.54 Å². The predicted molar refractivity (Wildman–Crippen MR) is 70.2 cm³/mol. The van der Waals surface area contributed by atoms with Crippen molar-refractivity contribution in [3.05, 3.63) is 35.9 Å². The van der Waals surface area contributed by atoms with Crippen molar-refractivity contribution in [2.45, 2.75) is 31.7 Å². The van der Waals surface area contributed by atoms with Gasteiger partial charge >= 0.3 is 0 Å². The largest absolute Gasteiger partial charge is 0.321 e. The summed E-state index contributed by atoms with van der Waals surface area (Å²) < 4.78 is 0. The molecule has 0 aliphatic rings. The molecule has 0 fully saturated rings. The molecular weight excluding hydrogens is 202 g/mol. The third-order valence-corrected chi connectivity index (χ3v) is 3.65. The Morgan fingerprint density at radius 3 is 2.47 bits per heavy atom. The summed E-state index contributed by atoms with van der Waals surface area (Å²) in [6, 6.07) is 10.5. The van der Waals surface area contributed by atoms with Gasteiger partial charge in [0.15, 0.2) is 0 Å². The molecule has 1 aromatic carbocycles. The molecule has 0 aliphatic carbocycles. The Morgan fingerprint density at radius 2 is 1.93 bits per heavy atom. The molecule has 1 atom stereocenters. The van der Waals surface area contributed by atoms with Crippen molar-refractivity contribution >= 4 is 11.8 Å². The van der Waals surface area contributed by atoms with Gasteiger partial charge in [-0.05, 0) is 36.8 Å². The van der Waals surface area contributed by atoms with Gasteiger partial charge in [0.2, 0.25) is 0 Å². The number of benzene rings is 1. The first-order chi connectivity index (χ1) is 7.23. The summed E-state index contributed by atoms with van der Waals surface area (Å²) in [5.74, 6) is 1.20. The lowest BCUT2D eigenvalue weighted by Crippen LogP contribution is -2.36. The third kappa shape index (κ3) is 3.54. The highest BCUT2D eigenvalue weighted by Gasteiger charge is 2.23. The Balaban J connectivity index is 2.67. The van der Waals surface area contributed by atoms with E-state index in [0.29, 0.717) is 0 Å². The molecule has 0 heterocycles. The lowest BCUT2D eigenvalue weighted by atomic mass is 9.84. The van der Waals surface area contributed by atoms with Crippen LogP contribution in [0, 0.1) is 0 Å². The van der Waals surface area contributed by atoms with Crippen LogP contribution in [0.2, 0.25) is 0 Å². The van der Waals surface area contributed by atoms with E-state index in [2.05, 4.69) is 37.4 Å². The Labute approximate surface area is 97.4 Å². The molecule has 0 saturated heterocycles. The van der Waals surface area contributed by atoms with Gasteiger partial charge in [0.05, 0.1) is 0 Å². The highest BCUT2D eigenvalue weighted by Crippen LogP contribution is 2.27. The van der Waals surface area contributed by atoms with Gasteiger partial charge in [-0.25, -0.2) is 0 Å². The van der Waals surface area contributed by atoms with Crippen molar-refractivity contribution in [2.75, 3.05) is 12.0 Å². The summed E-state index contributed by atoms with van der Waals surface area (Å²) >= 11 is 1.89. The molecule has 1 rings (SSSR count). The summed E-state index contributed by atoms with van der Waals surface area (Å²) in [5, 5.41) is 0. The number of hydrogen-bond donors (Lipinski definition) is 1. The van der Waals surface area contributed by atoms with E-state index in [9.17, 15) is 0 Å². The first-order valence-corrected chi connectivity index (χ1v) is 6.95. The van der Waals surface area contributed by atoms with Crippen molar-refractivity contribution < 1.29 is 0 Å². The van der Waals surface area contributed by atoms with E-state index in [1.165, 1.54) is 17.7 Å². The first kappa shape index (κ1) is 12.6. The molecule has 0 aliphatic heterocycles. The monoisotopic (exact) mass is 223 g/mol. The highest BCUT2D eigenvalue weighted by molar-refractivity contribution is 7.98. The Hall–Kier alpha value is -0.470. The SMILES string of the molecule is CCC(N)(CCCSC)c1ccccc1. The van der Waals surface area contributed by atoms with Gasteiger partial charge in [-0.2, -0.15) is 11.8 Å². The standard InChI is InChI=1S/C13H21NS/c1-3-13(14,10-7-11-15-2)12-8-5-4-6-9-12/h4-6,8-9H,3,7,10-11,14H2,1-2H3. The van der Waals surface area contributed by atoms with Gasteiger partial charge in [-0.15, -0.1) is 0 Å². The van der Waals surface area contributed by atoms with Crippen LogP contribution in [0.5, 0.6) is 0 Å². The van der Waals surface area contributed by atoms with E-state index in [0.717, 1.165) is 12.8 Å². The highest BCUT2D eigenvalue weighted by atomic mass is 32.2. The normalized spacial score (nSPS) is 14.9. The minimum atomic E-state index is -0.128. The van der Waals surface area contributed by atoms with E-state index in [1.807, 2.05) is 17.8 Å². The van der Waals surface area contributed by atoms with Crippen molar-refractivity contribution in [2.24, 2.45) is 5.73 Å². The molecule has 1 aromatic rings. The summed E-state index contributed by atoms with van der Waals surface area (Å²) in [6.45, 7) is 2.17. The van der Waals surface area contributed by atoms with Crippen LogP contribution in [0.1, 0.15) is 31.7 Å². The van der Waals surface area contributed by atoms with Gasteiger partial charge < -0.3 is 5.73 Å². The molecule has 2 heteroatoms. The second kappa shape index (κ2) is 6.19. The van der Waals surface area contributed by atoms with Gasteiger partial charge in [0.1, 0.15) is 0 Å². The predicted octanol–water partition coefficient (Wildman–Crippen LogP) is 3.39. The average molecular weight is 223 g/mol. The molecule has 2 N–H and O–H groups in total. The van der Waals surface area contributed by atoms with E-state index < -0.39 is 0 Å². The molecule has 1 unspecified atom stereocenters. The zero-order valence-corrected chi connectivity index (χ0v) is 10.5. The van der Waals surface area contributed by atoms with E-state index in [4.69, 9.17) is 5.73 Å². The van der Waals surface area contributed by atoms with E-state index in [1.54, 1.807) is 0 Å². The lowest BCUT2D eigenvalue weighted by Gasteiger charge is -2.28. The maximum atomic E-state index is 6.45. The van der Waals surface area contributed by atoms with Crippen molar-refractivity contribution in [1.82, 2.24) is 0 Å². The van der Waals surface area contributed by atoms with Crippen LogP contribution in [0.25, 0.3) is 0 Å². The van der Waals surface area contributed by atoms with Crippen LogP contribution in [0.4, 0.5) is 0 Å². The van der Waals surface area contributed by atoms with Crippen molar-refractivity contribution in [3.8, 4) is 0 Å². The smallest absolute Gasteiger partial charge is 0.0407 e. The zero-order valence-electron chi connectivity index (χ0n) is 9.70. The molecular formula is C13H21NS. The maximum absolute atomic E-state index is 6.45.